The average molecular weight is 1130 g/mol. The van der Waals surface area contributed by atoms with Crippen molar-refractivity contribution in [2.75, 3.05) is 40.9 Å². The summed E-state index contributed by atoms with van der Waals surface area (Å²) in [4.78, 5) is 37.7. The van der Waals surface area contributed by atoms with Gasteiger partial charge in [-0.05, 0) is 128 Å². The number of likely N-dealkylation sites (N-methyl/N-ethyl adjacent to an activating group) is 1. The van der Waals surface area contributed by atoms with Crippen LogP contribution in [-0.2, 0) is 27.9 Å². The van der Waals surface area contributed by atoms with E-state index in [1.54, 1.807) is 0 Å². The molecule has 10 heteroatoms. The van der Waals surface area contributed by atoms with Crippen LogP contribution in [0.5, 0.6) is 0 Å². The van der Waals surface area contributed by atoms with Gasteiger partial charge in [-0.2, -0.15) is 0 Å². The summed E-state index contributed by atoms with van der Waals surface area (Å²) >= 11 is 0. The van der Waals surface area contributed by atoms with E-state index in [4.69, 9.17) is 13.8 Å². The van der Waals surface area contributed by atoms with E-state index < -0.39 is 20.0 Å². The SMILES string of the molecule is CC/C=C\C/C=C\C/C=C\C/C=C\C/C=C\C/C=C\CCCCCCC(=O)OC(/C=C/CCCCCCCCCCCC)C(COP(=O)(O)OCC[N+](C)(C)C)NC(=O)CCCCC/C=C\C/C=C\C/C=C\C/C=C\C/C=C\CC. The molecular weight excluding hydrogens is 1010 g/mol. The van der Waals surface area contributed by atoms with Crippen molar-refractivity contribution < 1.29 is 37.3 Å². The second-order valence-electron chi connectivity index (χ2n) is 21.8. The number of nitrogens with zero attached hydrogens (tertiary/aromatic N) is 1. The number of allylic oxidation sites excluding steroid dienone is 23. The molecule has 0 saturated heterocycles. The number of unbranched alkanes of at least 4 members (excludes halogenated alkanes) is 17. The highest BCUT2D eigenvalue weighted by atomic mass is 31.2. The predicted octanol–water partition coefficient (Wildman–Crippen LogP) is 19.8. The van der Waals surface area contributed by atoms with Gasteiger partial charge in [0.2, 0.25) is 5.91 Å². The summed E-state index contributed by atoms with van der Waals surface area (Å²) < 4.78 is 30.7. The Hall–Kier alpha value is -4.11. The number of phosphoric acid groups is 1. The number of phosphoric ester groups is 1. The predicted molar refractivity (Wildman–Crippen MR) is 346 cm³/mol. The Kier molecular flexibility index (Phi) is 55.1. The Morgan fingerprint density at radius 2 is 0.800 bits per heavy atom. The van der Waals surface area contributed by atoms with E-state index in [-0.39, 0.29) is 37.9 Å². The fourth-order valence-corrected chi connectivity index (χ4v) is 8.94. The molecule has 3 unspecified atom stereocenters. The van der Waals surface area contributed by atoms with E-state index in [2.05, 4.69) is 160 Å². The third-order valence-corrected chi connectivity index (χ3v) is 14.0. The van der Waals surface area contributed by atoms with Gasteiger partial charge in [-0.15, -0.1) is 0 Å². The van der Waals surface area contributed by atoms with Crippen molar-refractivity contribution in [3.05, 3.63) is 146 Å². The maximum Gasteiger partial charge on any atom is 0.472 e. The maximum atomic E-state index is 13.5. The Balaban J connectivity index is 5.36. The van der Waals surface area contributed by atoms with Crippen LogP contribution >= 0.6 is 7.82 Å². The van der Waals surface area contributed by atoms with Gasteiger partial charge in [-0.3, -0.25) is 18.6 Å². The quantitative estimate of drug-likeness (QED) is 0.0205. The number of nitrogens with one attached hydrogen (secondary N) is 1. The van der Waals surface area contributed by atoms with E-state index in [0.29, 0.717) is 23.9 Å². The maximum absolute atomic E-state index is 13.5. The Labute approximate surface area is 491 Å². The van der Waals surface area contributed by atoms with Crippen molar-refractivity contribution >= 4 is 19.7 Å². The molecule has 3 atom stereocenters. The zero-order valence-electron chi connectivity index (χ0n) is 51.8. The summed E-state index contributed by atoms with van der Waals surface area (Å²) in [6.45, 7) is 6.72. The number of quaternary nitrogens is 1. The monoisotopic (exact) mass is 1130 g/mol. The molecule has 0 aromatic carbocycles. The Morgan fingerprint density at radius 3 is 1.21 bits per heavy atom. The van der Waals surface area contributed by atoms with Crippen molar-refractivity contribution in [2.45, 2.75) is 245 Å². The molecule has 0 saturated carbocycles. The zero-order chi connectivity index (χ0) is 58.6. The van der Waals surface area contributed by atoms with Crippen molar-refractivity contribution in [3.8, 4) is 0 Å². The van der Waals surface area contributed by atoms with Gasteiger partial charge in [0.1, 0.15) is 19.3 Å². The minimum Gasteiger partial charge on any atom is -0.456 e. The van der Waals surface area contributed by atoms with Gasteiger partial charge >= 0.3 is 13.8 Å². The molecule has 0 aliphatic rings. The van der Waals surface area contributed by atoms with E-state index >= 15 is 0 Å². The first kappa shape index (κ1) is 75.9. The zero-order valence-corrected chi connectivity index (χ0v) is 52.7. The molecule has 0 rings (SSSR count). The Morgan fingerprint density at radius 1 is 0.450 bits per heavy atom. The molecule has 0 fully saturated rings. The molecule has 1 amide bonds. The molecule has 0 aliphatic heterocycles. The summed E-state index contributed by atoms with van der Waals surface area (Å²) in [7, 11) is 1.43. The number of carbonyl (C=O) groups excluding carboxylic acids is 2. The van der Waals surface area contributed by atoms with Crippen LogP contribution in [0.4, 0.5) is 0 Å². The van der Waals surface area contributed by atoms with Gasteiger partial charge in [-0.25, -0.2) is 4.57 Å². The minimum atomic E-state index is -4.48. The molecule has 0 spiro atoms. The van der Waals surface area contributed by atoms with E-state index in [1.807, 2.05) is 33.3 Å². The largest absolute Gasteiger partial charge is 0.472 e. The molecule has 0 aliphatic carbocycles. The van der Waals surface area contributed by atoms with Crippen LogP contribution < -0.4 is 5.32 Å². The van der Waals surface area contributed by atoms with Crippen molar-refractivity contribution in [1.29, 1.82) is 0 Å². The van der Waals surface area contributed by atoms with Crippen molar-refractivity contribution in [1.82, 2.24) is 5.32 Å². The third-order valence-electron chi connectivity index (χ3n) is 13.0. The lowest BCUT2D eigenvalue weighted by atomic mass is 10.1. The van der Waals surface area contributed by atoms with Gasteiger partial charge in [0.05, 0.1) is 33.8 Å². The lowest BCUT2D eigenvalue weighted by Crippen LogP contribution is -2.47. The van der Waals surface area contributed by atoms with Crippen LogP contribution in [0, 0.1) is 0 Å². The first-order valence-corrected chi connectivity index (χ1v) is 33.2. The highest BCUT2D eigenvalue weighted by Gasteiger charge is 2.30. The van der Waals surface area contributed by atoms with E-state index in [1.165, 1.54) is 51.4 Å². The first-order valence-electron chi connectivity index (χ1n) is 31.7. The van der Waals surface area contributed by atoms with Crippen LogP contribution in [0.3, 0.4) is 0 Å². The molecular formula is C70H118N2O7P+. The smallest absolute Gasteiger partial charge is 0.456 e. The lowest BCUT2D eigenvalue weighted by Gasteiger charge is -2.27. The number of ether oxygens (including phenoxy) is 1. The Bertz CT molecular complexity index is 1880. The molecule has 2 N–H and O–H groups in total. The molecule has 80 heavy (non-hydrogen) atoms. The van der Waals surface area contributed by atoms with Crippen LogP contribution in [0.2, 0.25) is 0 Å². The summed E-state index contributed by atoms with van der Waals surface area (Å²) in [6.07, 6.45) is 84.2. The topological polar surface area (TPSA) is 111 Å². The van der Waals surface area contributed by atoms with Crippen LogP contribution in [0.1, 0.15) is 233 Å². The number of hydrogen-bond acceptors (Lipinski definition) is 6. The van der Waals surface area contributed by atoms with Gasteiger partial charge < -0.3 is 19.4 Å². The van der Waals surface area contributed by atoms with Crippen molar-refractivity contribution in [2.24, 2.45) is 0 Å². The highest BCUT2D eigenvalue weighted by Crippen LogP contribution is 2.43. The minimum absolute atomic E-state index is 0.0203. The number of amides is 1. The summed E-state index contributed by atoms with van der Waals surface area (Å²) in [5.41, 5.74) is 0. The second kappa shape index (κ2) is 58.1. The summed E-state index contributed by atoms with van der Waals surface area (Å²) in [5, 5.41) is 3.03. The van der Waals surface area contributed by atoms with E-state index in [0.717, 1.165) is 135 Å². The van der Waals surface area contributed by atoms with Gasteiger partial charge in [0.25, 0.3) is 0 Å². The molecule has 0 radical (unpaired) electrons. The number of hydrogen-bond donors (Lipinski definition) is 2. The molecule has 0 aromatic rings. The number of esters is 1. The van der Waals surface area contributed by atoms with Gasteiger partial charge in [0.15, 0.2) is 0 Å². The number of rotatable bonds is 55. The molecule has 0 heterocycles. The highest BCUT2D eigenvalue weighted by molar-refractivity contribution is 7.47. The second-order valence-corrected chi connectivity index (χ2v) is 23.3. The van der Waals surface area contributed by atoms with Crippen LogP contribution in [-0.4, -0.2) is 74.3 Å². The normalized spacial score (nSPS) is 14.6. The van der Waals surface area contributed by atoms with E-state index in [9.17, 15) is 19.0 Å². The lowest BCUT2D eigenvalue weighted by molar-refractivity contribution is -0.870. The number of carbonyl (C=O) groups is 2. The fourth-order valence-electron chi connectivity index (χ4n) is 8.20. The molecule has 0 aromatic heterocycles. The van der Waals surface area contributed by atoms with Gasteiger partial charge in [-0.1, -0.05) is 238 Å². The molecule has 9 nitrogen and oxygen atoms in total. The van der Waals surface area contributed by atoms with Crippen LogP contribution in [0.25, 0.3) is 0 Å². The fraction of sp³-hybridized carbons (Fsp3) is 0.629. The standard InChI is InChI=1S/C70H117N2O7P/c1-7-10-13-16-19-22-25-28-30-32-34-35-36-37-39-41-43-45-48-51-54-57-60-63-70(74)79-68(61-58-55-52-49-46-27-24-21-18-15-12-9-3)67(66-78-80(75,76)77-65-64-72(4,5)6)71-69(73)62-59-56-53-50-47-44-42-40-38-33-31-29-26-23-20-17-14-11-8-2/h10-11,13-14,19-20,22-23,28-31,34-35,37-40,43-45,47,58,61,67-68H,7-9,12,15-18,21,24-27,32-33,36,41-42,46,48-57,59-60,62-66H2,1-6H3,(H-,71,73,75,76)/p+1/b13-10-,14-11-,22-19-,23-20-,30-28-,31-29-,35-34-,39-37-,40-38-,45-43-,47-44-,61-58+. The average Bonchev–Trinajstić information content (AvgIpc) is 3.43. The first-order chi connectivity index (χ1) is 38.9. The molecule has 0 bridgehead atoms. The van der Waals surface area contributed by atoms with Crippen molar-refractivity contribution in [3.63, 3.8) is 0 Å². The molecule has 454 valence electrons. The van der Waals surface area contributed by atoms with Gasteiger partial charge in [0, 0.05) is 12.8 Å². The summed E-state index contributed by atoms with van der Waals surface area (Å²) in [5.74, 6) is -0.584. The summed E-state index contributed by atoms with van der Waals surface area (Å²) in [6, 6.07) is -0.888. The third kappa shape index (κ3) is 58.5. The van der Waals surface area contributed by atoms with Crippen LogP contribution in [0.15, 0.2) is 146 Å².